The van der Waals surface area contributed by atoms with Gasteiger partial charge in [0.1, 0.15) is 0 Å². The van der Waals surface area contributed by atoms with Gasteiger partial charge in [-0.05, 0) is 36.8 Å². The highest BCUT2D eigenvalue weighted by Gasteiger charge is 2.43. The fraction of sp³-hybridized carbons (Fsp3) is 0.600. The second-order valence-corrected chi connectivity index (χ2v) is 5.47. The van der Waals surface area contributed by atoms with Gasteiger partial charge in [-0.3, -0.25) is 0 Å². The molecule has 0 amide bonds. The molecule has 1 saturated carbocycles. The van der Waals surface area contributed by atoms with E-state index in [1.54, 1.807) is 0 Å². The van der Waals surface area contributed by atoms with Crippen molar-refractivity contribution in [2.45, 2.75) is 44.6 Å². The zero-order valence-electron chi connectivity index (χ0n) is 9.91. The Labute approximate surface area is 98.3 Å². The van der Waals surface area contributed by atoms with Crippen LogP contribution < -0.4 is 5.32 Å². The molecule has 2 fully saturated rings. The molecule has 1 spiro atoms. The first-order chi connectivity index (χ1) is 7.91. The summed E-state index contributed by atoms with van der Waals surface area (Å²) in [7, 11) is 0. The number of hydrogen-bond donors (Lipinski definition) is 1. The van der Waals surface area contributed by atoms with Crippen molar-refractivity contribution in [1.82, 2.24) is 5.32 Å². The smallest absolute Gasteiger partial charge is 0.0377 e. The van der Waals surface area contributed by atoms with Crippen LogP contribution >= 0.6 is 0 Å². The van der Waals surface area contributed by atoms with Gasteiger partial charge in [0.05, 0.1) is 0 Å². The third-order valence-corrected chi connectivity index (χ3v) is 4.57. The minimum absolute atomic E-state index is 0.583. The first kappa shape index (κ1) is 10.3. The van der Waals surface area contributed by atoms with Crippen LogP contribution in [0.2, 0.25) is 0 Å². The van der Waals surface area contributed by atoms with Crippen LogP contribution in [0.5, 0.6) is 0 Å². The number of benzene rings is 1. The maximum absolute atomic E-state index is 3.73. The molecule has 0 aromatic heterocycles. The van der Waals surface area contributed by atoms with Crippen molar-refractivity contribution in [3.63, 3.8) is 0 Å². The molecule has 1 aromatic rings. The molecule has 1 heterocycles. The quantitative estimate of drug-likeness (QED) is 0.753. The minimum Gasteiger partial charge on any atom is -0.309 e. The van der Waals surface area contributed by atoms with E-state index in [2.05, 4.69) is 35.6 Å². The molecule has 1 saturated heterocycles. The number of nitrogens with one attached hydrogen (secondary N) is 1. The van der Waals surface area contributed by atoms with Gasteiger partial charge >= 0.3 is 0 Å². The molecule has 3 rings (SSSR count). The Bertz CT molecular complexity index is 338. The van der Waals surface area contributed by atoms with Gasteiger partial charge in [0.25, 0.3) is 0 Å². The first-order valence-corrected chi connectivity index (χ1v) is 6.69. The normalized spacial score (nSPS) is 28.4. The van der Waals surface area contributed by atoms with Crippen LogP contribution in [0, 0.1) is 5.41 Å². The standard InChI is InChI=1S/C15H21N/c1-3-7-13(8-4-1)14-15(11-12-16-14)9-5-2-6-10-15/h1,3-4,7-8,14,16H,2,5-6,9-12H2. The summed E-state index contributed by atoms with van der Waals surface area (Å²) >= 11 is 0. The molecule has 1 aliphatic carbocycles. The van der Waals surface area contributed by atoms with Gasteiger partial charge in [0.15, 0.2) is 0 Å². The van der Waals surface area contributed by atoms with E-state index in [9.17, 15) is 0 Å². The van der Waals surface area contributed by atoms with Crippen molar-refractivity contribution in [3.05, 3.63) is 35.9 Å². The third kappa shape index (κ3) is 1.67. The summed E-state index contributed by atoms with van der Waals surface area (Å²) < 4.78 is 0. The van der Waals surface area contributed by atoms with E-state index in [-0.39, 0.29) is 0 Å². The Kier molecular flexibility index (Phi) is 2.72. The van der Waals surface area contributed by atoms with Gasteiger partial charge in [0.2, 0.25) is 0 Å². The van der Waals surface area contributed by atoms with Crippen LogP contribution in [0.25, 0.3) is 0 Å². The second kappa shape index (κ2) is 4.21. The summed E-state index contributed by atoms with van der Waals surface area (Å²) in [5.41, 5.74) is 2.08. The molecule has 0 bridgehead atoms. The van der Waals surface area contributed by atoms with E-state index < -0.39 is 0 Å². The lowest BCUT2D eigenvalue weighted by molar-refractivity contribution is 0.164. The zero-order chi connectivity index (χ0) is 10.8. The first-order valence-electron chi connectivity index (χ1n) is 6.69. The fourth-order valence-corrected chi connectivity index (χ4v) is 3.74. The van der Waals surface area contributed by atoms with Gasteiger partial charge in [-0.2, -0.15) is 0 Å². The van der Waals surface area contributed by atoms with Crippen LogP contribution in [0.4, 0.5) is 0 Å². The Hall–Kier alpha value is -0.820. The number of rotatable bonds is 1. The summed E-state index contributed by atoms with van der Waals surface area (Å²) in [5.74, 6) is 0. The SMILES string of the molecule is c1ccc(C2NCCC23CCCCC3)cc1. The van der Waals surface area contributed by atoms with Crippen LogP contribution in [-0.4, -0.2) is 6.54 Å². The van der Waals surface area contributed by atoms with Crippen molar-refractivity contribution in [1.29, 1.82) is 0 Å². The van der Waals surface area contributed by atoms with E-state index in [0.717, 1.165) is 0 Å². The number of hydrogen-bond acceptors (Lipinski definition) is 1. The summed E-state index contributed by atoms with van der Waals surface area (Å²) in [6, 6.07) is 11.7. The highest BCUT2D eigenvalue weighted by Crippen LogP contribution is 2.51. The summed E-state index contributed by atoms with van der Waals surface area (Å²) in [6.45, 7) is 1.21. The summed E-state index contributed by atoms with van der Waals surface area (Å²) in [6.07, 6.45) is 8.56. The van der Waals surface area contributed by atoms with Crippen molar-refractivity contribution in [2.24, 2.45) is 5.41 Å². The minimum atomic E-state index is 0.583. The molecular formula is C15H21N. The maximum Gasteiger partial charge on any atom is 0.0377 e. The van der Waals surface area contributed by atoms with Crippen LogP contribution in [0.3, 0.4) is 0 Å². The molecule has 1 aromatic carbocycles. The Morgan fingerprint density at radius 3 is 2.44 bits per heavy atom. The molecule has 1 N–H and O–H groups in total. The van der Waals surface area contributed by atoms with Crippen molar-refractivity contribution in [3.8, 4) is 0 Å². The van der Waals surface area contributed by atoms with E-state index in [0.29, 0.717) is 11.5 Å². The van der Waals surface area contributed by atoms with E-state index >= 15 is 0 Å². The van der Waals surface area contributed by atoms with Gasteiger partial charge in [-0.1, -0.05) is 49.6 Å². The third-order valence-electron chi connectivity index (χ3n) is 4.57. The largest absolute Gasteiger partial charge is 0.309 e. The highest BCUT2D eigenvalue weighted by atomic mass is 15.0. The molecule has 1 unspecified atom stereocenters. The van der Waals surface area contributed by atoms with Crippen LogP contribution in [0.15, 0.2) is 30.3 Å². The van der Waals surface area contributed by atoms with Gasteiger partial charge in [-0.25, -0.2) is 0 Å². The average Bonchev–Trinajstić information content (AvgIpc) is 2.75. The molecular weight excluding hydrogens is 194 g/mol. The Morgan fingerprint density at radius 1 is 0.938 bits per heavy atom. The predicted molar refractivity (Wildman–Crippen MR) is 67.3 cm³/mol. The Morgan fingerprint density at radius 2 is 1.69 bits per heavy atom. The van der Waals surface area contributed by atoms with E-state index in [1.807, 2.05) is 0 Å². The lowest BCUT2D eigenvalue weighted by Gasteiger charge is -2.38. The lowest BCUT2D eigenvalue weighted by atomic mass is 9.67. The van der Waals surface area contributed by atoms with Crippen LogP contribution in [0.1, 0.15) is 50.1 Å². The lowest BCUT2D eigenvalue weighted by Crippen LogP contribution is -2.31. The Balaban J connectivity index is 1.89. The predicted octanol–water partition coefficient (Wildman–Crippen LogP) is 3.67. The average molecular weight is 215 g/mol. The zero-order valence-corrected chi connectivity index (χ0v) is 9.91. The molecule has 1 aliphatic heterocycles. The molecule has 1 heteroatoms. The van der Waals surface area contributed by atoms with Gasteiger partial charge in [-0.15, -0.1) is 0 Å². The van der Waals surface area contributed by atoms with Gasteiger partial charge < -0.3 is 5.32 Å². The molecule has 1 atom stereocenters. The monoisotopic (exact) mass is 215 g/mol. The molecule has 0 radical (unpaired) electrons. The highest BCUT2D eigenvalue weighted by molar-refractivity contribution is 5.23. The van der Waals surface area contributed by atoms with Gasteiger partial charge in [0, 0.05) is 6.04 Å². The topological polar surface area (TPSA) is 12.0 Å². The molecule has 86 valence electrons. The summed E-state index contributed by atoms with van der Waals surface area (Å²) in [5, 5.41) is 3.73. The fourth-order valence-electron chi connectivity index (χ4n) is 3.74. The molecule has 1 nitrogen and oxygen atoms in total. The summed E-state index contributed by atoms with van der Waals surface area (Å²) in [4.78, 5) is 0. The van der Waals surface area contributed by atoms with Crippen LogP contribution in [-0.2, 0) is 0 Å². The second-order valence-electron chi connectivity index (χ2n) is 5.47. The molecule has 16 heavy (non-hydrogen) atoms. The van der Waals surface area contributed by atoms with E-state index in [4.69, 9.17) is 0 Å². The van der Waals surface area contributed by atoms with E-state index in [1.165, 1.54) is 50.6 Å². The van der Waals surface area contributed by atoms with Crippen molar-refractivity contribution in [2.75, 3.05) is 6.54 Å². The maximum atomic E-state index is 3.73. The molecule has 2 aliphatic rings. The van der Waals surface area contributed by atoms with Crippen molar-refractivity contribution < 1.29 is 0 Å². The van der Waals surface area contributed by atoms with Crippen molar-refractivity contribution >= 4 is 0 Å².